The van der Waals surface area contributed by atoms with Crippen LogP contribution in [0.3, 0.4) is 0 Å². The molecule has 0 saturated carbocycles. The van der Waals surface area contributed by atoms with E-state index in [9.17, 15) is 4.39 Å². The third-order valence-electron chi connectivity index (χ3n) is 2.99. The summed E-state index contributed by atoms with van der Waals surface area (Å²) < 4.78 is 21.2. The molecule has 6 heteroatoms. The minimum absolute atomic E-state index is 0.0157. The lowest BCUT2D eigenvalue weighted by atomic mass is 10.2. The Labute approximate surface area is 128 Å². The van der Waals surface area contributed by atoms with E-state index in [4.69, 9.17) is 10.00 Å². The average molecular weight is 346 g/mol. The summed E-state index contributed by atoms with van der Waals surface area (Å²) in [5.41, 5.74) is 1.56. The highest BCUT2D eigenvalue weighted by molar-refractivity contribution is 9.08. The number of nitrogens with zero attached hydrogens (tertiary/aromatic N) is 3. The summed E-state index contributed by atoms with van der Waals surface area (Å²) >= 11 is 3.40. The van der Waals surface area contributed by atoms with Crippen LogP contribution in [0.5, 0.6) is 11.6 Å². The summed E-state index contributed by atoms with van der Waals surface area (Å²) in [7, 11) is 0. The van der Waals surface area contributed by atoms with Crippen molar-refractivity contribution < 1.29 is 9.13 Å². The molecule has 3 aromatic rings. The maximum Gasteiger partial charge on any atom is 0.242 e. The van der Waals surface area contributed by atoms with E-state index in [0.717, 1.165) is 11.3 Å². The molecule has 0 unspecified atom stereocenters. The molecule has 3 rings (SSSR count). The summed E-state index contributed by atoms with van der Waals surface area (Å²) in [6.45, 7) is 0. The van der Waals surface area contributed by atoms with Crippen molar-refractivity contribution in [2.24, 2.45) is 0 Å². The molecule has 0 N–H and O–H groups in total. The molecule has 0 bridgehead atoms. The molecule has 104 valence electrons. The highest BCUT2D eigenvalue weighted by Gasteiger charge is 2.13. The molecular formula is C15H9BrFN3O. The van der Waals surface area contributed by atoms with Gasteiger partial charge in [-0.1, -0.05) is 22.0 Å². The monoisotopic (exact) mass is 345 g/mol. The first-order valence-electron chi connectivity index (χ1n) is 6.12. The number of alkyl halides is 1. The Hall–Kier alpha value is -2.39. The minimum Gasteiger partial charge on any atom is -0.437 e. The number of halogens is 2. The number of ether oxygens (including phenoxy) is 1. The Balaban J connectivity index is 2.02. The van der Waals surface area contributed by atoms with Crippen LogP contribution >= 0.6 is 15.9 Å². The average Bonchev–Trinajstić information content (AvgIpc) is 2.84. The van der Waals surface area contributed by atoms with E-state index in [-0.39, 0.29) is 5.56 Å². The van der Waals surface area contributed by atoms with Gasteiger partial charge in [0.2, 0.25) is 5.88 Å². The molecule has 2 aromatic heterocycles. The van der Waals surface area contributed by atoms with Gasteiger partial charge in [0.05, 0.1) is 11.3 Å². The number of pyridine rings is 1. The Bertz CT molecular complexity index is 854. The number of hydrogen-bond donors (Lipinski definition) is 0. The van der Waals surface area contributed by atoms with Crippen molar-refractivity contribution in [2.45, 2.75) is 5.33 Å². The van der Waals surface area contributed by atoms with E-state index in [1.165, 1.54) is 12.1 Å². The van der Waals surface area contributed by atoms with Crippen molar-refractivity contribution in [1.82, 2.24) is 9.38 Å². The summed E-state index contributed by atoms with van der Waals surface area (Å²) in [5, 5.41) is 9.27. The molecule has 0 aliphatic heterocycles. The molecule has 2 heterocycles. The highest BCUT2D eigenvalue weighted by atomic mass is 79.9. The van der Waals surface area contributed by atoms with Gasteiger partial charge in [-0.3, -0.25) is 4.40 Å². The maximum absolute atomic E-state index is 13.6. The van der Waals surface area contributed by atoms with E-state index < -0.39 is 5.82 Å². The quantitative estimate of drug-likeness (QED) is 0.673. The second-order valence-electron chi connectivity index (χ2n) is 4.28. The van der Waals surface area contributed by atoms with Crippen molar-refractivity contribution in [3.63, 3.8) is 0 Å². The molecule has 1 aromatic carbocycles. The fourth-order valence-electron chi connectivity index (χ4n) is 1.99. The molecule has 21 heavy (non-hydrogen) atoms. The summed E-state index contributed by atoms with van der Waals surface area (Å²) in [6.07, 6.45) is 1.88. The predicted molar refractivity (Wildman–Crippen MR) is 79.0 cm³/mol. The molecule has 0 aliphatic carbocycles. The van der Waals surface area contributed by atoms with Gasteiger partial charge < -0.3 is 4.74 Å². The van der Waals surface area contributed by atoms with Crippen molar-refractivity contribution in [2.75, 3.05) is 0 Å². The van der Waals surface area contributed by atoms with Crippen LogP contribution in [0.15, 0.2) is 42.6 Å². The van der Waals surface area contributed by atoms with E-state index in [1.807, 2.05) is 28.8 Å². The summed E-state index contributed by atoms with van der Waals surface area (Å²) in [4.78, 5) is 4.37. The lowest BCUT2D eigenvalue weighted by Gasteiger charge is -2.05. The molecular weight excluding hydrogens is 337 g/mol. The van der Waals surface area contributed by atoms with E-state index >= 15 is 0 Å². The topological polar surface area (TPSA) is 50.3 Å². The van der Waals surface area contributed by atoms with Crippen LogP contribution in [0.1, 0.15) is 11.3 Å². The minimum atomic E-state index is -0.612. The van der Waals surface area contributed by atoms with Crippen LogP contribution in [0.4, 0.5) is 4.39 Å². The van der Waals surface area contributed by atoms with E-state index in [2.05, 4.69) is 20.9 Å². The van der Waals surface area contributed by atoms with Gasteiger partial charge in [0.25, 0.3) is 0 Å². The van der Waals surface area contributed by atoms with Gasteiger partial charge in [-0.05, 0) is 24.3 Å². The number of nitriles is 1. The molecule has 0 amide bonds. The Kier molecular flexibility index (Phi) is 3.59. The number of hydrogen-bond acceptors (Lipinski definition) is 3. The highest BCUT2D eigenvalue weighted by Crippen LogP contribution is 2.28. The number of fused-ring (bicyclic) bond motifs is 1. The van der Waals surface area contributed by atoms with Crippen LogP contribution in [0.25, 0.3) is 5.65 Å². The first kappa shape index (κ1) is 13.6. The largest absolute Gasteiger partial charge is 0.437 e. The second-order valence-corrected chi connectivity index (χ2v) is 4.84. The van der Waals surface area contributed by atoms with Crippen LogP contribution in [-0.2, 0) is 5.33 Å². The zero-order valence-corrected chi connectivity index (χ0v) is 12.3. The molecule has 0 aliphatic rings. The first-order valence-corrected chi connectivity index (χ1v) is 7.24. The summed E-state index contributed by atoms with van der Waals surface area (Å²) in [5.74, 6) is 0.0958. The number of aromatic nitrogens is 2. The van der Waals surface area contributed by atoms with Gasteiger partial charge in [-0.15, -0.1) is 0 Å². The van der Waals surface area contributed by atoms with Crippen molar-refractivity contribution in [1.29, 1.82) is 5.26 Å². The standard InChI is InChI=1S/C15H9BrFN3O/c16-8-13-15(19-14-3-1-2-6-20(13)14)21-11-5-4-10(9-18)12(17)7-11/h1-7H,8H2. The fourth-order valence-corrected chi connectivity index (χ4v) is 2.50. The lowest BCUT2D eigenvalue weighted by molar-refractivity contribution is 0.457. The van der Waals surface area contributed by atoms with Gasteiger partial charge in [0.15, 0.2) is 0 Å². The van der Waals surface area contributed by atoms with Gasteiger partial charge in [0, 0.05) is 17.6 Å². The SMILES string of the molecule is N#Cc1ccc(Oc2nc3ccccn3c2CBr)cc1F. The van der Waals surface area contributed by atoms with E-state index in [0.29, 0.717) is 17.0 Å². The Morgan fingerprint density at radius 2 is 2.19 bits per heavy atom. The van der Waals surface area contributed by atoms with Crippen molar-refractivity contribution >= 4 is 21.6 Å². The first-order chi connectivity index (χ1) is 10.2. The van der Waals surface area contributed by atoms with Crippen molar-refractivity contribution in [3.05, 3.63) is 59.7 Å². The third-order valence-corrected chi connectivity index (χ3v) is 3.53. The molecule has 0 atom stereocenters. The Morgan fingerprint density at radius 1 is 1.33 bits per heavy atom. The van der Waals surface area contributed by atoms with Crippen LogP contribution in [0.2, 0.25) is 0 Å². The molecule has 0 spiro atoms. The van der Waals surface area contributed by atoms with Gasteiger partial charge in [0.1, 0.15) is 23.3 Å². The second kappa shape index (κ2) is 5.54. The fraction of sp³-hybridized carbons (Fsp3) is 0.0667. The smallest absolute Gasteiger partial charge is 0.242 e. The van der Waals surface area contributed by atoms with Crippen molar-refractivity contribution in [3.8, 4) is 17.7 Å². The van der Waals surface area contributed by atoms with E-state index in [1.54, 1.807) is 12.1 Å². The Morgan fingerprint density at radius 3 is 2.90 bits per heavy atom. The zero-order valence-electron chi connectivity index (χ0n) is 10.8. The zero-order chi connectivity index (χ0) is 14.8. The van der Waals surface area contributed by atoms with Gasteiger partial charge >= 0.3 is 0 Å². The molecule has 0 fully saturated rings. The normalized spacial score (nSPS) is 10.5. The molecule has 4 nitrogen and oxygen atoms in total. The van der Waals surface area contributed by atoms with Gasteiger partial charge in [-0.2, -0.15) is 10.2 Å². The number of benzene rings is 1. The van der Waals surface area contributed by atoms with Crippen LogP contribution in [-0.4, -0.2) is 9.38 Å². The van der Waals surface area contributed by atoms with Crippen LogP contribution in [0, 0.1) is 17.1 Å². The molecule has 0 saturated heterocycles. The maximum atomic E-state index is 13.6. The number of imidazole rings is 1. The summed E-state index contributed by atoms with van der Waals surface area (Å²) in [6, 6.07) is 11.5. The van der Waals surface area contributed by atoms with Crippen LogP contribution < -0.4 is 4.74 Å². The van der Waals surface area contributed by atoms with Gasteiger partial charge in [-0.25, -0.2) is 4.39 Å². The molecule has 0 radical (unpaired) electrons. The number of rotatable bonds is 3. The predicted octanol–water partition coefficient (Wildman–Crippen LogP) is 4.03. The third kappa shape index (κ3) is 2.48. The lowest BCUT2D eigenvalue weighted by Crippen LogP contribution is -1.93.